The molecule has 0 fully saturated rings. The van der Waals surface area contributed by atoms with Gasteiger partial charge >= 0.3 is 0 Å². The van der Waals surface area contributed by atoms with Gasteiger partial charge in [0.05, 0.1) is 40.4 Å². The van der Waals surface area contributed by atoms with E-state index in [1.165, 1.54) is 14.2 Å². The van der Waals surface area contributed by atoms with Gasteiger partial charge < -0.3 is 28.7 Å². The maximum absolute atomic E-state index is 13.9. The Kier molecular flexibility index (Phi) is 7.36. The molecule has 1 aliphatic rings. The van der Waals surface area contributed by atoms with E-state index in [1.54, 1.807) is 49.3 Å². The van der Waals surface area contributed by atoms with Crippen LogP contribution in [-0.4, -0.2) is 70.2 Å². The Hall–Kier alpha value is -3.42. The van der Waals surface area contributed by atoms with E-state index in [1.807, 2.05) is 26.0 Å². The van der Waals surface area contributed by atoms with E-state index in [4.69, 9.17) is 18.9 Å². The summed E-state index contributed by atoms with van der Waals surface area (Å²) in [4.78, 5) is 30.7. The van der Waals surface area contributed by atoms with Crippen LogP contribution in [0.1, 0.15) is 47.3 Å². The van der Waals surface area contributed by atoms with Gasteiger partial charge in [0.25, 0.3) is 5.91 Å². The van der Waals surface area contributed by atoms with Crippen LogP contribution in [0.2, 0.25) is 0 Å². The van der Waals surface area contributed by atoms with E-state index < -0.39 is 12.0 Å². The smallest absolute Gasteiger partial charge is 0.254 e. The Morgan fingerprint density at radius 1 is 0.879 bits per heavy atom. The van der Waals surface area contributed by atoms with Crippen LogP contribution in [0.5, 0.6) is 23.0 Å². The quantitative estimate of drug-likeness (QED) is 0.605. The molecule has 2 amide bonds. The van der Waals surface area contributed by atoms with Gasteiger partial charge in [0.2, 0.25) is 5.91 Å². The molecule has 2 aromatic rings. The number of benzene rings is 2. The highest BCUT2D eigenvalue weighted by molar-refractivity contribution is 6.02. The first-order chi connectivity index (χ1) is 15.9. The highest BCUT2D eigenvalue weighted by Gasteiger charge is 2.44. The average molecular weight is 457 g/mol. The molecule has 0 saturated carbocycles. The monoisotopic (exact) mass is 456 g/mol. The van der Waals surface area contributed by atoms with Gasteiger partial charge in [-0.2, -0.15) is 0 Å². The number of likely N-dealkylation sites (N-methyl/N-ethyl adjacent to an activating group) is 2. The van der Waals surface area contributed by atoms with Crippen molar-refractivity contribution in [2.75, 3.05) is 48.6 Å². The van der Waals surface area contributed by atoms with Crippen LogP contribution in [0, 0.1) is 0 Å². The molecule has 0 spiro atoms. The van der Waals surface area contributed by atoms with Crippen molar-refractivity contribution in [1.82, 2.24) is 9.80 Å². The lowest BCUT2D eigenvalue weighted by Gasteiger charge is -2.41. The van der Waals surface area contributed by atoms with Gasteiger partial charge in [-0.15, -0.1) is 0 Å². The van der Waals surface area contributed by atoms with Crippen molar-refractivity contribution in [3.8, 4) is 23.0 Å². The first-order valence-corrected chi connectivity index (χ1v) is 10.9. The number of methoxy groups -OCH3 is 4. The van der Waals surface area contributed by atoms with Gasteiger partial charge in [-0.05, 0) is 49.2 Å². The van der Waals surface area contributed by atoms with E-state index >= 15 is 0 Å². The fourth-order valence-corrected chi connectivity index (χ4v) is 4.50. The predicted molar refractivity (Wildman–Crippen MR) is 125 cm³/mol. The number of nitrogens with zero attached hydrogens (tertiary/aromatic N) is 2. The van der Waals surface area contributed by atoms with Crippen LogP contribution in [0.3, 0.4) is 0 Å². The SMILES string of the molecule is CCN(CC)C(=O)[C@@H]1c2cc(OC)c(OC)cc2C(=O)N(C)[C@@H]1c1ccc(OC)c(OC)c1. The lowest BCUT2D eigenvalue weighted by atomic mass is 9.78. The third-order valence-corrected chi connectivity index (χ3v) is 6.26. The van der Waals surface area contributed by atoms with Crippen LogP contribution in [0.4, 0.5) is 0 Å². The number of ether oxygens (including phenoxy) is 4. The van der Waals surface area contributed by atoms with Gasteiger partial charge in [0.15, 0.2) is 23.0 Å². The Morgan fingerprint density at radius 2 is 1.42 bits per heavy atom. The zero-order chi connectivity index (χ0) is 24.3. The molecule has 0 saturated heterocycles. The molecule has 1 aliphatic heterocycles. The molecule has 0 radical (unpaired) electrons. The van der Waals surface area contributed by atoms with Gasteiger partial charge in [0, 0.05) is 25.7 Å². The number of carbonyl (C=O) groups is 2. The first-order valence-electron chi connectivity index (χ1n) is 10.9. The molecule has 8 nitrogen and oxygen atoms in total. The van der Waals surface area contributed by atoms with Crippen LogP contribution in [0.25, 0.3) is 0 Å². The molecule has 0 aromatic heterocycles. The highest BCUT2D eigenvalue weighted by atomic mass is 16.5. The summed E-state index contributed by atoms with van der Waals surface area (Å²) in [6.45, 7) is 5.01. The molecule has 1 heterocycles. The molecule has 8 heteroatoms. The summed E-state index contributed by atoms with van der Waals surface area (Å²) in [5, 5.41) is 0. The van der Waals surface area contributed by atoms with Gasteiger partial charge in [-0.3, -0.25) is 9.59 Å². The van der Waals surface area contributed by atoms with Crippen LogP contribution >= 0.6 is 0 Å². The summed E-state index contributed by atoms with van der Waals surface area (Å²) in [6.07, 6.45) is 0. The Morgan fingerprint density at radius 3 is 1.97 bits per heavy atom. The second kappa shape index (κ2) is 10.0. The van der Waals surface area contributed by atoms with Gasteiger partial charge in [-0.25, -0.2) is 0 Å². The normalized spacial score (nSPS) is 17.3. The summed E-state index contributed by atoms with van der Waals surface area (Å²) < 4.78 is 21.8. The van der Waals surface area contributed by atoms with Crippen LogP contribution in [0.15, 0.2) is 30.3 Å². The summed E-state index contributed by atoms with van der Waals surface area (Å²) in [5.74, 6) is 1.11. The van der Waals surface area contributed by atoms with E-state index in [0.717, 1.165) is 5.56 Å². The minimum Gasteiger partial charge on any atom is -0.493 e. The molecule has 0 aliphatic carbocycles. The van der Waals surface area contributed by atoms with Crippen molar-refractivity contribution in [3.05, 3.63) is 47.0 Å². The van der Waals surface area contributed by atoms with Gasteiger partial charge in [0.1, 0.15) is 0 Å². The Balaban J connectivity index is 2.28. The molecule has 0 bridgehead atoms. The minimum absolute atomic E-state index is 0.0624. The molecule has 3 rings (SSSR count). The van der Waals surface area contributed by atoms with Crippen molar-refractivity contribution in [2.45, 2.75) is 25.8 Å². The van der Waals surface area contributed by atoms with Crippen molar-refractivity contribution in [1.29, 1.82) is 0 Å². The second-order valence-corrected chi connectivity index (χ2v) is 7.76. The van der Waals surface area contributed by atoms with E-state index in [0.29, 0.717) is 47.2 Å². The Labute approximate surface area is 195 Å². The van der Waals surface area contributed by atoms with Crippen LogP contribution < -0.4 is 18.9 Å². The number of carbonyl (C=O) groups excluding carboxylic acids is 2. The molecule has 0 unspecified atom stereocenters. The van der Waals surface area contributed by atoms with Gasteiger partial charge in [-0.1, -0.05) is 6.07 Å². The largest absolute Gasteiger partial charge is 0.493 e. The van der Waals surface area contributed by atoms with E-state index in [9.17, 15) is 9.59 Å². The summed E-state index contributed by atoms with van der Waals surface area (Å²) in [5.41, 5.74) is 1.82. The second-order valence-electron chi connectivity index (χ2n) is 7.76. The Bertz CT molecular complexity index is 1030. The molecular formula is C25H32N2O6. The average Bonchev–Trinajstić information content (AvgIpc) is 2.85. The molecule has 178 valence electrons. The molecule has 33 heavy (non-hydrogen) atoms. The van der Waals surface area contributed by atoms with E-state index in [-0.39, 0.29) is 11.8 Å². The number of hydrogen-bond donors (Lipinski definition) is 0. The zero-order valence-electron chi connectivity index (χ0n) is 20.3. The minimum atomic E-state index is -0.638. The van der Waals surface area contributed by atoms with Crippen molar-refractivity contribution in [2.24, 2.45) is 0 Å². The summed E-state index contributed by atoms with van der Waals surface area (Å²) >= 11 is 0. The summed E-state index contributed by atoms with van der Waals surface area (Å²) in [7, 11) is 7.89. The maximum Gasteiger partial charge on any atom is 0.254 e. The van der Waals surface area contributed by atoms with E-state index in [2.05, 4.69) is 0 Å². The fourth-order valence-electron chi connectivity index (χ4n) is 4.50. The molecular weight excluding hydrogens is 424 g/mol. The highest BCUT2D eigenvalue weighted by Crippen LogP contribution is 2.47. The molecule has 2 atom stereocenters. The predicted octanol–water partition coefficient (Wildman–Crippen LogP) is 3.50. The first kappa shape index (κ1) is 24.2. The standard InChI is InChI=1S/C25H32N2O6/c1-8-27(9-2)25(29)22-16-13-20(32-6)21(33-7)14-17(16)24(28)26(3)23(22)15-10-11-18(30-4)19(12-15)31-5/h10-14,22-23H,8-9H2,1-7H3/t22-,23-/m1/s1. The molecule has 2 aromatic carbocycles. The van der Waals surface area contributed by atoms with Crippen LogP contribution in [-0.2, 0) is 4.79 Å². The number of amides is 2. The van der Waals surface area contributed by atoms with Crippen molar-refractivity contribution >= 4 is 11.8 Å². The molecule has 0 N–H and O–H groups in total. The third kappa shape index (κ3) is 4.17. The van der Waals surface area contributed by atoms with Crippen molar-refractivity contribution in [3.63, 3.8) is 0 Å². The zero-order valence-corrected chi connectivity index (χ0v) is 20.3. The maximum atomic E-state index is 13.9. The summed E-state index contributed by atoms with van der Waals surface area (Å²) in [6, 6.07) is 8.33. The lowest BCUT2D eigenvalue weighted by molar-refractivity contribution is -0.134. The third-order valence-electron chi connectivity index (χ3n) is 6.26. The lowest BCUT2D eigenvalue weighted by Crippen LogP contribution is -2.47. The number of hydrogen-bond acceptors (Lipinski definition) is 6. The topological polar surface area (TPSA) is 77.5 Å². The fraction of sp³-hybridized carbons (Fsp3) is 0.440. The van der Waals surface area contributed by atoms with Crippen molar-refractivity contribution < 1.29 is 28.5 Å². The number of fused-ring (bicyclic) bond motifs is 1. The number of rotatable bonds is 8.